The zero-order valence-corrected chi connectivity index (χ0v) is 20.8. The number of ether oxygens (including phenoxy) is 3. The van der Waals surface area contributed by atoms with Gasteiger partial charge in [0.25, 0.3) is 0 Å². The van der Waals surface area contributed by atoms with Crippen molar-refractivity contribution in [3.8, 4) is 0 Å². The molecule has 0 aromatic rings. The molecule has 5 heteroatoms. The highest BCUT2D eigenvalue weighted by atomic mass is 16.6. The molecule has 0 spiro atoms. The molecule has 0 N–H and O–H groups in total. The molecule has 0 bridgehead atoms. The van der Waals surface area contributed by atoms with E-state index in [1.807, 2.05) is 27.7 Å². The van der Waals surface area contributed by atoms with Gasteiger partial charge in [-0.05, 0) is 69.8 Å². The Kier molecular flexibility index (Phi) is 8.24. The monoisotopic (exact) mass is 446 g/mol. The standard InChI is InChI=1S/C27H42O5/c1-7-27(5,6)26(29)32-23-14-17(3)13-19-10-9-18(4)22(25(19)23)12-11-20-15-21(30-8-2)16-24(28)31-20/h9-10,13,17-18,20-23,25H,7-8,11-12,14-16H2,1-6H3/t17-,18-,20-,21+,22-,23-,25+/m0/s1. The van der Waals surface area contributed by atoms with Crippen molar-refractivity contribution in [2.75, 3.05) is 6.61 Å². The summed E-state index contributed by atoms with van der Waals surface area (Å²) in [7, 11) is 0. The molecule has 0 unspecified atom stereocenters. The van der Waals surface area contributed by atoms with E-state index in [1.165, 1.54) is 5.57 Å². The van der Waals surface area contributed by atoms with Gasteiger partial charge in [0.1, 0.15) is 12.2 Å². The third kappa shape index (κ3) is 5.84. The van der Waals surface area contributed by atoms with Crippen LogP contribution in [0, 0.1) is 29.1 Å². The molecule has 3 rings (SSSR count). The Labute approximate surface area is 193 Å². The summed E-state index contributed by atoms with van der Waals surface area (Å²) in [6, 6.07) is 0. The first kappa shape index (κ1) is 25.0. The number of cyclic esters (lactones) is 1. The molecule has 5 nitrogen and oxygen atoms in total. The molecule has 1 heterocycles. The molecule has 2 aliphatic carbocycles. The molecule has 0 radical (unpaired) electrons. The lowest BCUT2D eigenvalue weighted by Crippen LogP contribution is -2.43. The highest BCUT2D eigenvalue weighted by molar-refractivity contribution is 5.76. The Morgan fingerprint density at radius 3 is 2.62 bits per heavy atom. The average Bonchev–Trinajstić information content (AvgIpc) is 2.73. The second-order valence-corrected chi connectivity index (χ2v) is 10.7. The zero-order chi connectivity index (χ0) is 23.5. The molecular weight excluding hydrogens is 404 g/mol. The van der Waals surface area contributed by atoms with Gasteiger partial charge in [-0.3, -0.25) is 9.59 Å². The van der Waals surface area contributed by atoms with Gasteiger partial charge in [0.05, 0.1) is 17.9 Å². The predicted molar refractivity (Wildman–Crippen MR) is 125 cm³/mol. The van der Waals surface area contributed by atoms with E-state index in [0.717, 1.165) is 32.1 Å². The SMILES string of the molecule is CCO[C@H]1CC(=O)O[C@@H](CC[C@@H]2[C@H]3C(=C[C@H](C)C[C@@H]3OC(=O)C(C)(C)CC)C=C[C@@H]2C)C1. The van der Waals surface area contributed by atoms with Gasteiger partial charge in [-0.1, -0.05) is 39.0 Å². The van der Waals surface area contributed by atoms with Crippen molar-refractivity contribution in [1.82, 2.24) is 0 Å². The second-order valence-electron chi connectivity index (χ2n) is 10.7. The molecule has 1 fully saturated rings. The third-order valence-corrected chi connectivity index (χ3v) is 7.73. The molecular formula is C27H42O5. The van der Waals surface area contributed by atoms with Crippen LogP contribution in [0.2, 0.25) is 0 Å². The Morgan fingerprint density at radius 1 is 1.19 bits per heavy atom. The summed E-state index contributed by atoms with van der Waals surface area (Å²) in [4.78, 5) is 25.0. The maximum Gasteiger partial charge on any atom is 0.311 e. The van der Waals surface area contributed by atoms with E-state index in [0.29, 0.717) is 30.8 Å². The number of hydrogen-bond acceptors (Lipinski definition) is 5. The van der Waals surface area contributed by atoms with Crippen LogP contribution in [0.5, 0.6) is 0 Å². The quantitative estimate of drug-likeness (QED) is 0.452. The fourth-order valence-corrected chi connectivity index (χ4v) is 5.43. The number of esters is 2. The first-order chi connectivity index (χ1) is 15.1. The summed E-state index contributed by atoms with van der Waals surface area (Å²) < 4.78 is 17.6. The van der Waals surface area contributed by atoms with E-state index in [1.54, 1.807) is 0 Å². The molecule has 32 heavy (non-hydrogen) atoms. The smallest absolute Gasteiger partial charge is 0.311 e. The largest absolute Gasteiger partial charge is 0.462 e. The summed E-state index contributed by atoms with van der Waals surface area (Å²) in [5.74, 6) is 1.07. The van der Waals surface area contributed by atoms with Gasteiger partial charge in [-0.2, -0.15) is 0 Å². The lowest BCUT2D eigenvalue weighted by atomic mass is 9.65. The van der Waals surface area contributed by atoms with Crippen molar-refractivity contribution in [2.24, 2.45) is 29.1 Å². The Balaban J connectivity index is 1.74. The van der Waals surface area contributed by atoms with E-state index in [2.05, 4.69) is 32.1 Å². The Hall–Kier alpha value is -1.62. The molecule has 0 saturated carbocycles. The number of carbonyl (C=O) groups is 2. The fraction of sp³-hybridized carbons (Fsp3) is 0.778. The normalized spacial score (nSPS) is 35.0. The van der Waals surface area contributed by atoms with Gasteiger partial charge in [-0.25, -0.2) is 0 Å². The van der Waals surface area contributed by atoms with Gasteiger partial charge in [0.2, 0.25) is 0 Å². The topological polar surface area (TPSA) is 61.8 Å². The summed E-state index contributed by atoms with van der Waals surface area (Å²) in [5.41, 5.74) is 0.826. The molecule has 0 amide bonds. The Bertz CT molecular complexity index is 736. The highest BCUT2D eigenvalue weighted by Crippen LogP contribution is 2.45. The van der Waals surface area contributed by atoms with E-state index in [9.17, 15) is 9.59 Å². The minimum absolute atomic E-state index is 0.0362. The first-order valence-corrected chi connectivity index (χ1v) is 12.6. The van der Waals surface area contributed by atoms with Crippen LogP contribution in [0.25, 0.3) is 0 Å². The van der Waals surface area contributed by atoms with Crippen LogP contribution in [0.4, 0.5) is 0 Å². The van der Waals surface area contributed by atoms with E-state index < -0.39 is 5.41 Å². The van der Waals surface area contributed by atoms with Gasteiger partial charge in [0, 0.05) is 18.9 Å². The number of hydrogen-bond donors (Lipinski definition) is 0. The van der Waals surface area contributed by atoms with Crippen LogP contribution in [0.1, 0.15) is 80.1 Å². The van der Waals surface area contributed by atoms with Crippen molar-refractivity contribution in [2.45, 2.75) is 98.4 Å². The molecule has 3 aliphatic rings. The Morgan fingerprint density at radius 2 is 1.94 bits per heavy atom. The number of allylic oxidation sites excluding steroid dienone is 3. The predicted octanol–water partition coefficient (Wildman–Crippen LogP) is 5.63. The van der Waals surface area contributed by atoms with Crippen LogP contribution >= 0.6 is 0 Å². The first-order valence-electron chi connectivity index (χ1n) is 12.6. The third-order valence-electron chi connectivity index (χ3n) is 7.73. The zero-order valence-electron chi connectivity index (χ0n) is 20.8. The molecule has 1 saturated heterocycles. The van der Waals surface area contributed by atoms with Crippen LogP contribution in [-0.4, -0.2) is 36.9 Å². The van der Waals surface area contributed by atoms with Gasteiger partial charge in [0.15, 0.2) is 0 Å². The van der Waals surface area contributed by atoms with E-state index in [4.69, 9.17) is 14.2 Å². The van der Waals surface area contributed by atoms with E-state index in [-0.39, 0.29) is 36.2 Å². The summed E-state index contributed by atoms with van der Waals surface area (Å²) >= 11 is 0. The van der Waals surface area contributed by atoms with E-state index >= 15 is 0 Å². The summed E-state index contributed by atoms with van der Waals surface area (Å²) in [6.45, 7) is 13.0. The summed E-state index contributed by atoms with van der Waals surface area (Å²) in [5, 5.41) is 0. The second kappa shape index (κ2) is 10.5. The van der Waals surface area contributed by atoms with Crippen LogP contribution < -0.4 is 0 Å². The molecule has 1 aliphatic heterocycles. The highest BCUT2D eigenvalue weighted by Gasteiger charge is 2.43. The lowest BCUT2D eigenvalue weighted by molar-refractivity contribution is -0.166. The maximum absolute atomic E-state index is 12.9. The number of carbonyl (C=O) groups excluding carboxylic acids is 2. The van der Waals surface area contributed by atoms with Crippen molar-refractivity contribution >= 4 is 11.9 Å². The lowest BCUT2D eigenvalue weighted by Gasteiger charge is -2.44. The minimum atomic E-state index is -0.471. The van der Waals surface area contributed by atoms with Crippen molar-refractivity contribution < 1.29 is 23.8 Å². The van der Waals surface area contributed by atoms with Crippen molar-refractivity contribution in [3.05, 3.63) is 23.8 Å². The molecule has 7 atom stereocenters. The fourth-order valence-electron chi connectivity index (χ4n) is 5.43. The molecule has 0 aromatic heterocycles. The van der Waals surface area contributed by atoms with Crippen LogP contribution in [0.3, 0.4) is 0 Å². The number of fused-ring (bicyclic) bond motifs is 1. The number of rotatable bonds is 8. The maximum atomic E-state index is 12.9. The van der Waals surface area contributed by atoms with Gasteiger partial charge < -0.3 is 14.2 Å². The van der Waals surface area contributed by atoms with Crippen molar-refractivity contribution in [1.29, 1.82) is 0 Å². The molecule has 0 aromatic carbocycles. The van der Waals surface area contributed by atoms with Gasteiger partial charge in [-0.15, -0.1) is 0 Å². The van der Waals surface area contributed by atoms with Crippen molar-refractivity contribution in [3.63, 3.8) is 0 Å². The average molecular weight is 447 g/mol. The minimum Gasteiger partial charge on any atom is -0.462 e. The summed E-state index contributed by atoms with van der Waals surface area (Å²) in [6.07, 6.45) is 11.1. The van der Waals surface area contributed by atoms with Gasteiger partial charge >= 0.3 is 11.9 Å². The van der Waals surface area contributed by atoms with Crippen LogP contribution in [0.15, 0.2) is 23.8 Å². The van der Waals surface area contributed by atoms with Crippen LogP contribution in [-0.2, 0) is 23.8 Å². The molecule has 180 valence electrons.